The predicted octanol–water partition coefficient (Wildman–Crippen LogP) is -0.561. The summed E-state index contributed by atoms with van der Waals surface area (Å²) < 4.78 is 11.3. The molecule has 4 nitrogen and oxygen atoms in total. The summed E-state index contributed by atoms with van der Waals surface area (Å²) in [6, 6.07) is 0.0243. The van der Waals surface area contributed by atoms with Crippen LogP contribution in [0.25, 0.3) is 0 Å². The van der Waals surface area contributed by atoms with Gasteiger partial charge in [-0.2, -0.15) is 0 Å². The van der Waals surface area contributed by atoms with E-state index >= 15 is 0 Å². The summed E-state index contributed by atoms with van der Waals surface area (Å²) >= 11 is 0. The molecular weight excluding hydrogens is 156 g/mol. The number of nitrogens with one attached hydrogen (secondary N) is 1. The fraction of sp³-hybridized carbons (Fsp3) is 1.00. The number of ether oxygens (including phenoxy) is 2. The molecule has 12 heavy (non-hydrogen) atoms. The van der Waals surface area contributed by atoms with Gasteiger partial charge in [-0.25, -0.2) is 0 Å². The lowest BCUT2D eigenvalue weighted by Crippen LogP contribution is -2.54. The van der Waals surface area contributed by atoms with E-state index < -0.39 is 0 Å². The molecule has 2 fully saturated rings. The van der Waals surface area contributed by atoms with E-state index in [0.29, 0.717) is 6.61 Å². The Morgan fingerprint density at radius 1 is 1.58 bits per heavy atom. The van der Waals surface area contributed by atoms with Gasteiger partial charge in [-0.15, -0.1) is 0 Å². The lowest BCUT2D eigenvalue weighted by molar-refractivity contribution is -0.283. The topological polar surface area (TPSA) is 56.5 Å². The van der Waals surface area contributed by atoms with E-state index in [9.17, 15) is 0 Å². The third-order valence-corrected chi connectivity index (χ3v) is 2.62. The lowest BCUT2D eigenvalue weighted by Gasteiger charge is -2.39. The Morgan fingerprint density at radius 3 is 3.00 bits per heavy atom. The van der Waals surface area contributed by atoms with Gasteiger partial charge in [0.05, 0.1) is 18.8 Å². The van der Waals surface area contributed by atoms with Gasteiger partial charge in [-0.1, -0.05) is 0 Å². The zero-order valence-electron chi connectivity index (χ0n) is 7.38. The zero-order valence-corrected chi connectivity index (χ0v) is 7.38. The Hall–Kier alpha value is -0.160. The van der Waals surface area contributed by atoms with Gasteiger partial charge in [-0.3, -0.25) is 0 Å². The molecular formula is C8H16N2O2. The van der Waals surface area contributed by atoms with Crippen LogP contribution < -0.4 is 11.1 Å². The maximum atomic E-state index is 5.76. The molecule has 3 atom stereocenters. The van der Waals surface area contributed by atoms with Crippen molar-refractivity contribution in [3.8, 4) is 0 Å². The van der Waals surface area contributed by atoms with E-state index in [4.69, 9.17) is 15.2 Å². The highest BCUT2D eigenvalue weighted by Gasteiger charge is 2.42. The average Bonchev–Trinajstić information content (AvgIpc) is 2.47. The molecule has 0 aromatic carbocycles. The Balaban J connectivity index is 2.01. The molecule has 2 saturated heterocycles. The van der Waals surface area contributed by atoms with Crippen LogP contribution in [0.3, 0.4) is 0 Å². The molecule has 4 heteroatoms. The van der Waals surface area contributed by atoms with Crippen molar-refractivity contribution in [2.45, 2.75) is 31.3 Å². The van der Waals surface area contributed by atoms with Crippen LogP contribution in [0.1, 0.15) is 13.3 Å². The summed E-state index contributed by atoms with van der Waals surface area (Å²) in [6.45, 7) is 4.39. The number of nitrogens with two attached hydrogens (primary N) is 1. The third kappa shape index (κ3) is 1.35. The van der Waals surface area contributed by atoms with Crippen LogP contribution in [0.5, 0.6) is 0 Å². The van der Waals surface area contributed by atoms with Crippen molar-refractivity contribution in [1.29, 1.82) is 0 Å². The standard InChI is InChI=1S/C8H16N2O2/c1-6-7(9)4-11-8(12-6)2-3-10-5-8/h6-7,10H,2-5,9H2,1H3. The minimum absolute atomic E-state index is 0.0243. The van der Waals surface area contributed by atoms with Gasteiger partial charge in [0.15, 0.2) is 5.79 Å². The monoisotopic (exact) mass is 172 g/mol. The maximum Gasteiger partial charge on any atom is 0.182 e. The molecule has 3 unspecified atom stereocenters. The molecule has 1 spiro atoms. The second kappa shape index (κ2) is 2.96. The normalized spacial score (nSPS) is 48.5. The van der Waals surface area contributed by atoms with Crippen molar-refractivity contribution >= 4 is 0 Å². The van der Waals surface area contributed by atoms with Gasteiger partial charge in [0, 0.05) is 19.5 Å². The molecule has 3 N–H and O–H groups in total. The summed E-state index contributed by atoms with van der Waals surface area (Å²) in [7, 11) is 0. The number of hydrogen-bond donors (Lipinski definition) is 2. The zero-order chi connectivity index (χ0) is 8.60. The maximum absolute atomic E-state index is 5.76. The first-order valence-electron chi connectivity index (χ1n) is 4.50. The molecule has 0 aliphatic carbocycles. The average molecular weight is 172 g/mol. The van der Waals surface area contributed by atoms with Gasteiger partial charge in [0.1, 0.15) is 0 Å². The van der Waals surface area contributed by atoms with E-state index in [1.54, 1.807) is 0 Å². The van der Waals surface area contributed by atoms with Gasteiger partial charge in [0.2, 0.25) is 0 Å². The van der Waals surface area contributed by atoms with Gasteiger partial charge in [0.25, 0.3) is 0 Å². The van der Waals surface area contributed by atoms with Gasteiger partial charge in [-0.05, 0) is 6.92 Å². The van der Waals surface area contributed by atoms with E-state index in [1.807, 2.05) is 6.92 Å². The van der Waals surface area contributed by atoms with Crippen molar-refractivity contribution < 1.29 is 9.47 Å². The molecule has 0 aromatic heterocycles. The molecule has 0 saturated carbocycles. The third-order valence-electron chi connectivity index (χ3n) is 2.62. The highest BCUT2D eigenvalue weighted by atomic mass is 16.7. The summed E-state index contributed by atoms with van der Waals surface area (Å²) in [5, 5.41) is 3.23. The van der Waals surface area contributed by atoms with Crippen LogP contribution in [-0.2, 0) is 9.47 Å². The first-order chi connectivity index (χ1) is 5.72. The van der Waals surface area contributed by atoms with Crippen LogP contribution in [0.2, 0.25) is 0 Å². The van der Waals surface area contributed by atoms with Crippen molar-refractivity contribution in [3.63, 3.8) is 0 Å². The Morgan fingerprint density at radius 2 is 2.42 bits per heavy atom. The minimum atomic E-state index is -0.366. The fourth-order valence-electron chi connectivity index (χ4n) is 1.71. The first kappa shape index (κ1) is 8.44. The Labute approximate surface area is 72.4 Å². The Bertz CT molecular complexity index is 168. The lowest BCUT2D eigenvalue weighted by atomic mass is 10.1. The molecule has 2 heterocycles. The molecule has 2 aliphatic heterocycles. The quantitative estimate of drug-likeness (QED) is 0.514. The molecule has 2 rings (SSSR count). The Kier molecular flexibility index (Phi) is 2.08. The van der Waals surface area contributed by atoms with Crippen molar-refractivity contribution in [2.24, 2.45) is 5.73 Å². The second-order valence-electron chi connectivity index (χ2n) is 3.64. The van der Waals surface area contributed by atoms with Crippen LogP contribution in [0, 0.1) is 0 Å². The highest BCUT2D eigenvalue weighted by molar-refractivity contribution is 4.88. The minimum Gasteiger partial charge on any atom is -0.347 e. The van der Waals surface area contributed by atoms with Crippen LogP contribution in [0.15, 0.2) is 0 Å². The summed E-state index contributed by atoms with van der Waals surface area (Å²) in [5.41, 5.74) is 5.76. The molecule has 0 bridgehead atoms. The predicted molar refractivity (Wildman–Crippen MR) is 44.7 cm³/mol. The van der Waals surface area contributed by atoms with Crippen molar-refractivity contribution in [2.75, 3.05) is 19.7 Å². The molecule has 0 aromatic rings. The van der Waals surface area contributed by atoms with E-state index in [2.05, 4.69) is 5.32 Å². The largest absolute Gasteiger partial charge is 0.347 e. The second-order valence-corrected chi connectivity index (χ2v) is 3.64. The van der Waals surface area contributed by atoms with Crippen LogP contribution in [0.4, 0.5) is 0 Å². The smallest absolute Gasteiger partial charge is 0.182 e. The van der Waals surface area contributed by atoms with E-state index in [0.717, 1.165) is 19.5 Å². The molecule has 0 amide bonds. The molecule has 70 valence electrons. The summed E-state index contributed by atoms with van der Waals surface area (Å²) in [6.07, 6.45) is 1.04. The SMILES string of the molecule is CC1OC2(CCNC2)OCC1N. The summed E-state index contributed by atoms with van der Waals surface area (Å²) in [4.78, 5) is 0. The fourth-order valence-corrected chi connectivity index (χ4v) is 1.71. The van der Waals surface area contributed by atoms with E-state index in [-0.39, 0.29) is 17.9 Å². The van der Waals surface area contributed by atoms with Gasteiger partial charge < -0.3 is 20.5 Å². The number of hydrogen-bond acceptors (Lipinski definition) is 4. The van der Waals surface area contributed by atoms with E-state index in [1.165, 1.54) is 0 Å². The van der Waals surface area contributed by atoms with Crippen LogP contribution in [-0.4, -0.2) is 37.6 Å². The van der Waals surface area contributed by atoms with Crippen molar-refractivity contribution in [3.05, 3.63) is 0 Å². The molecule has 0 radical (unpaired) electrons. The van der Waals surface area contributed by atoms with Crippen molar-refractivity contribution in [1.82, 2.24) is 5.32 Å². The van der Waals surface area contributed by atoms with Gasteiger partial charge >= 0.3 is 0 Å². The molecule has 2 aliphatic rings. The number of rotatable bonds is 0. The van der Waals surface area contributed by atoms with Crippen LogP contribution >= 0.6 is 0 Å². The highest BCUT2D eigenvalue weighted by Crippen LogP contribution is 2.27. The first-order valence-corrected chi connectivity index (χ1v) is 4.50. The summed E-state index contributed by atoms with van der Waals surface area (Å²) in [5.74, 6) is -0.366.